The van der Waals surface area contributed by atoms with Crippen LogP contribution in [-0.2, 0) is 19.4 Å². The molecule has 2 unspecified atom stereocenters. The van der Waals surface area contributed by atoms with Crippen LogP contribution in [-0.4, -0.2) is 40.3 Å². The highest BCUT2D eigenvalue weighted by molar-refractivity contribution is 7.90. The van der Waals surface area contributed by atoms with E-state index in [1.807, 2.05) is 0 Å². The first kappa shape index (κ1) is 23.0. The molecule has 2 aromatic rings. The van der Waals surface area contributed by atoms with Crippen LogP contribution in [0.3, 0.4) is 0 Å². The van der Waals surface area contributed by atoms with Gasteiger partial charge >= 0.3 is 0 Å². The van der Waals surface area contributed by atoms with Gasteiger partial charge in [-0.1, -0.05) is 24.3 Å². The van der Waals surface area contributed by atoms with Crippen molar-refractivity contribution in [2.75, 3.05) is 20.0 Å². The van der Waals surface area contributed by atoms with E-state index in [4.69, 9.17) is 10.5 Å². The lowest BCUT2D eigenvalue weighted by Crippen LogP contribution is -2.45. The Hall–Kier alpha value is -2.00. The van der Waals surface area contributed by atoms with Crippen molar-refractivity contribution >= 4 is 28.2 Å². The second-order valence-electron chi connectivity index (χ2n) is 5.90. The van der Waals surface area contributed by atoms with Gasteiger partial charge in [-0.2, -0.15) is 0 Å². The molecule has 0 saturated heterocycles. The van der Waals surface area contributed by atoms with Crippen LogP contribution in [0.15, 0.2) is 53.4 Å². The molecule has 0 aliphatic carbocycles. The van der Waals surface area contributed by atoms with Crippen molar-refractivity contribution in [2.45, 2.75) is 17.0 Å². The van der Waals surface area contributed by atoms with Gasteiger partial charge in [-0.05, 0) is 35.4 Å². The number of amides is 1. The average Bonchev–Trinajstić information content (AvgIpc) is 2.60. The lowest BCUT2D eigenvalue weighted by Gasteiger charge is -2.22. The first-order valence-corrected chi connectivity index (χ1v) is 9.72. The SMILES string of the molecule is COCC(N)C(=O)NC(c1ccc(F)cc1)c1cccc(S(C)(=O)=O)c1.Cl. The molecule has 2 aromatic carbocycles. The zero-order valence-corrected chi connectivity index (χ0v) is 16.5. The van der Waals surface area contributed by atoms with Crippen LogP contribution in [0.5, 0.6) is 0 Å². The molecule has 0 saturated carbocycles. The molecule has 6 nitrogen and oxygen atoms in total. The zero-order valence-electron chi connectivity index (χ0n) is 14.9. The van der Waals surface area contributed by atoms with Gasteiger partial charge in [0.15, 0.2) is 9.84 Å². The number of benzene rings is 2. The van der Waals surface area contributed by atoms with Crippen molar-refractivity contribution in [2.24, 2.45) is 5.73 Å². The molecule has 148 valence electrons. The number of hydrogen-bond acceptors (Lipinski definition) is 5. The normalized spacial score (nSPS) is 13.3. The van der Waals surface area contributed by atoms with Gasteiger partial charge in [0.1, 0.15) is 11.9 Å². The molecule has 3 N–H and O–H groups in total. The highest BCUT2D eigenvalue weighted by Gasteiger charge is 2.22. The van der Waals surface area contributed by atoms with Crippen molar-refractivity contribution in [3.63, 3.8) is 0 Å². The van der Waals surface area contributed by atoms with Gasteiger partial charge in [0.25, 0.3) is 0 Å². The Kier molecular flexibility index (Phi) is 8.36. The van der Waals surface area contributed by atoms with E-state index in [9.17, 15) is 17.6 Å². The lowest BCUT2D eigenvalue weighted by atomic mass is 9.98. The first-order valence-electron chi connectivity index (χ1n) is 7.82. The van der Waals surface area contributed by atoms with Crippen molar-refractivity contribution in [3.8, 4) is 0 Å². The Balaban J connectivity index is 0.00000364. The minimum absolute atomic E-state index is 0. The Labute approximate surface area is 164 Å². The highest BCUT2D eigenvalue weighted by Crippen LogP contribution is 2.25. The quantitative estimate of drug-likeness (QED) is 0.717. The van der Waals surface area contributed by atoms with E-state index in [1.165, 1.54) is 43.5 Å². The summed E-state index contributed by atoms with van der Waals surface area (Å²) in [6.07, 6.45) is 1.10. The van der Waals surface area contributed by atoms with E-state index in [1.54, 1.807) is 12.1 Å². The maximum absolute atomic E-state index is 13.3. The fourth-order valence-electron chi connectivity index (χ4n) is 2.44. The zero-order chi connectivity index (χ0) is 19.3. The summed E-state index contributed by atoms with van der Waals surface area (Å²) in [5, 5.41) is 2.77. The molecule has 2 atom stereocenters. The third-order valence-corrected chi connectivity index (χ3v) is 4.90. The molecular formula is C18H22ClFN2O4S. The van der Waals surface area contributed by atoms with E-state index in [0.717, 1.165) is 6.26 Å². The molecular weight excluding hydrogens is 395 g/mol. The third kappa shape index (κ3) is 6.28. The van der Waals surface area contributed by atoms with Crippen molar-refractivity contribution in [1.29, 1.82) is 0 Å². The molecule has 2 rings (SSSR count). The number of methoxy groups -OCH3 is 1. The Morgan fingerprint density at radius 1 is 1.19 bits per heavy atom. The topological polar surface area (TPSA) is 98.5 Å². The monoisotopic (exact) mass is 416 g/mol. The van der Waals surface area contributed by atoms with Crippen LogP contribution in [0.25, 0.3) is 0 Å². The predicted molar refractivity (Wildman–Crippen MR) is 103 cm³/mol. The van der Waals surface area contributed by atoms with Crippen LogP contribution >= 0.6 is 12.4 Å². The minimum atomic E-state index is -3.42. The Morgan fingerprint density at radius 2 is 1.81 bits per heavy atom. The lowest BCUT2D eigenvalue weighted by molar-refractivity contribution is -0.123. The second-order valence-corrected chi connectivity index (χ2v) is 7.92. The molecule has 0 fully saturated rings. The van der Waals surface area contributed by atoms with Crippen LogP contribution < -0.4 is 11.1 Å². The van der Waals surface area contributed by atoms with E-state index in [-0.39, 0.29) is 23.9 Å². The number of hydrogen-bond donors (Lipinski definition) is 2. The summed E-state index contributed by atoms with van der Waals surface area (Å²) in [4.78, 5) is 12.5. The fourth-order valence-corrected chi connectivity index (χ4v) is 3.12. The van der Waals surface area contributed by atoms with E-state index < -0.39 is 33.6 Å². The Bertz CT molecular complexity index is 875. The molecule has 9 heteroatoms. The highest BCUT2D eigenvalue weighted by atomic mass is 35.5. The molecule has 27 heavy (non-hydrogen) atoms. The summed E-state index contributed by atoms with van der Waals surface area (Å²) < 4.78 is 41.8. The maximum Gasteiger partial charge on any atom is 0.240 e. The fraction of sp³-hybridized carbons (Fsp3) is 0.278. The van der Waals surface area contributed by atoms with Crippen LogP contribution in [0.1, 0.15) is 17.2 Å². The molecule has 0 radical (unpaired) electrons. The standard InChI is InChI=1S/C18H21FN2O4S.ClH/c1-25-11-16(20)18(22)21-17(12-6-8-14(19)9-7-12)13-4-3-5-15(10-13)26(2,23)24;/h3-10,16-17H,11,20H2,1-2H3,(H,21,22);1H. The molecule has 0 spiro atoms. The summed E-state index contributed by atoms with van der Waals surface area (Å²) in [6.45, 7) is 0.0331. The number of carbonyl (C=O) groups excluding carboxylic acids is 1. The molecule has 0 bridgehead atoms. The van der Waals surface area contributed by atoms with E-state index in [2.05, 4.69) is 5.32 Å². The number of ether oxygens (including phenoxy) is 1. The van der Waals surface area contributed by atoms with Crippen molar-refractivity contribution in [3.05, 3.63) is 65.5 Å². The number of carbonyl (C=O) groups is 1. The van der Waals surface area contributed by atoms with Gasteiger partial charge in [-0.15, -0.1) is 12.4 Å². The molecule has 0 heterocycles. The van der Waals surface area contributed by atoms with E-state index in [0.29, 0.717) is 11.1 Å². The minimum Gasteiger partial charge on any atom is -0.383 e. The van der Waals surface area contributed by atoms with Gasteiger partial charge in [0, 0.05) is 13.4 Å². The number of nitrogens with one attached hydrogen (secondary N) is 1. The molecule has 0 aliphatic heterocycles. The summed E-state index contributed by atoms with van der Waals surface area (Å²) in [7, 11) is -1.99. The summed E-state index contributed by atoms with van der Waals surface area (Å²) in [5.74, 6) is -0.884. The summed E-state index contributed by atoms with van der Waals surface area (Å²) in [5.41, 5.74) is 6.89. The van der Waals surface area contributed by atoms with Crippen LogP contribution in [0, 0.1) is 5.82 Å². The van der Waals surface area contributed by atoms with Gasteiger partial charge in [-0.25, -0.2) is 12.8 Å². The maximum atomic E-state index is 13.3. The molecule has 0 aliphatic rings. The van der Waals surface area contributed by atoms with Crippen molar-refractivity contribution in [1.82, 2.24) is 5.32 Å². The van der Waals surface area contributed by atoms with Crippen LogP contribution in [0.4, 0.5) is 4.39 Å². The molecule has 1 amide bonds. The number of sulfone groups is 1. The second kappa shape index (κ2) is 9.80. The van der Waals surface area contributed by atoms with E-state index >= 15 is 0 Å². The smallest absolute Gasteiger partial charge is 0.240 e. The summed E-state index contributed by atoms with van der Waals surface area (Å²) in [6, 6.07) is 10.2. The number of nitrogens with two attached hydrogens (primary N) is 1. The van der Waals surface area contributed by atoms with Crippen LogP contribution in [0.2, 0.25) is 0 Å². The van der Waals surface area contributed by atoms with Gasteiger partial charge in [-0.3, -0.25) is 4.79 Å². The van der Waals surface area contributed by atoms with Gasteiger partial charge in [0.05, 0.1) is 17.5 Å². The third-order valence-electron chi connectivity index (χ3n) is 3.79. The summed E-state index contributed by atoms with van der Waals surface area (Å²) >= 11 is 0. The van der Waals surface area contributed by atoms with Gasteiger partial charge < -0.3 is 15.8 Å². The first-order chi connectivity index (χ1) is 12.2. The number of halogens is 2. The number of rotatable bonds is 7. The van der Waals surface area contributed by atoms with Gasteiger partial charge in [0.2, 0.25) is 5.91 Å². The average molecular weight is 417 g/mol. The predicted octanol–water partition coefficient (Wildman–Crippen LogP) is 1.83. The Morgan fingerprint density at radius 3 is 2.37 bits per heavy atom. The molecule has 0 aromatic heterocycles. The van der Waals surface area contributed by atoms with Crippen molar-refractivity contribution < 1.29 is 22.3 Å². The largest absolute Gasteiger partial charge is 0.383 e.